The van der Waals surface area contributed by atoms with Gasteiger partial charge in [0.05, 0.1) is 11.9 Å². The SMILES string of the molecule is C=C(C)N1CCN(c2ccncc2F)CC1. The summed E-state index contributed by atoms with van der Waals surface area (Å²) in [4.78, 5) is 8.03. The van der Waals surface area contributed by atoms with Crippen LogP contribution in [0.15, 0.2) is 30.7 Å². The van der Waals surface area contributed by atoms with Gasteiger partial charge in [-0.05, 0) is 13.0 Å². The van der Waals surface area contributed by atoms with Gasteiger partial charge in [0, 0.05) is 38.1 Å². The van der Waals surface area contributed by atoms with Crippen molar-refractivity contribution in [2.24, 2.45) is 0 Å². The zero-order valence-corrected chi connectivity index (χ0v) is 9.49. The van der Waals surface area contributed by atoms with Crippen LogP contribution in [-0.4, -0.2) is 36.1 Å². The minimum absolute atomic E-state index is 0.244. The quantitative estimate of drug-likeness (QED) is 0.760. The number of hydrogen-bond acceptors (Lipinski definition) is 3. The molecule has 16 heavy (non-hydrogen) atoms. The standard InChI is InChI=1S/C12H16FN3/c1-10(2)15-5-7-16(8-6-15)12-3-4-14-9-11(12)13/h3-4,9H,1,5-8H2,2H3. The zero-order valence-electron chi connectivity index (χ0n) is 9.49. The van der Waals surface area contributed by atoms with Crippen molar-refractivity contribution >= 4 is 5.69 Å². The molecule has 2 heterocycles. The molecule has 1 aliphatic rings. The number of anilines is 1. The smallest absolute Gasteiger partial charge is 0.164 e. The minimum atomic E-state index is -0.244. The first-order valence-electron chi connectivity index (χ1n) is 5.43. The molecule has 2 rings (SSSR count). The first kappa shape index (κ1) is 10.9. The maximum absolute atomic E-state index is 13.5. The molecule has 0 bridgehead atoms. The molecule has 1 aromatic heterocycles. The third kappa shape index (κ3) is 2.15. The molecule has 3 nitrogen and oxygen atoms in total. The van der Waals surface area contributed by atoms with E-state index in [0.717, 1.165) is 31.9 Å². The van der Waals surface area contributed by atoms with Gasteiger partial charge < -0.3 is 9.80 Å². The summed E-state index contributed by atoms with van der Waals surface area (Å²) < 4.78 is 13.5. The number of aromatic nitrogens is 1. The molecule has 0 aromatic carbocycles. The monoisotopic (exact) mass is 221 g/mol. The van der Waals surface area contributed by atoms with Gasteiger partial charge >= 0.3 is 0 Å². The summed E-state index contributed by atoms with van der Waals surface area (Å²) in [6.07, 6.45) is 2.89. The van der Waals surface area contributed by atoms with Crippen molar-refractivity contribution in [2.75, 3.05) is 31.1 Å². The molecule has 1 aliphatic heterocycles. The van der Waals surface area contributed by atoms with Gasteiger partial charge in [0.2, 0.25) is 0 Å². The first-order valence-corrected chi connectivity index (χ1v) is 5.43. The normalized spacial score (nSPS) is 16.4. The number of pyridine rings is 1. The van der Waals surface area contributed by atoms with Crippen molar-refractivity contribution in [3.8, 4) is 0 Å². The highest BCUT2D eigenvalue weighted by molar-refractivity contribution is 5.46. The van der Waals surface area contributed by atoms with Gasteiger partial charge in [-0.25, -0.2) is 4.39 Å². The molecule has 0 N–H and O–H groups in total. The van der Waals surface area contributed by atoms with Crippen LogP contribution >= 0.6 is 0 Å². The van der Waals surface area contributed by atoms with Crippen LogP contribution in [0.3, 0.4) is 0 Å². The molecule has 0 unspecified atom stereocenters. The maximum Gasteiger partial charge on any atom is 0.164 e. The summed E-state index contributed by atoms with van der Waals surface area (Å²) in [6.45, 7) is 9.37. The molecular formula is C12H16FN3. The number of allylic oxidation sites excluding steroid dienone is 1. The Kier molecular flexibility index (Phi) is 3.08. The van der Waals surface area contributed by atoms with Crippen molar-refractivity contribution in [1.82, 2.24) is 9.88 Å². The highest BCUT2D eigenvalue weighted by Crippen LogP contribution is 2.19. The number of halogens is 1. The first-order chi connectivity index (χ1) is 7.68. The fraction of sp³-hybridized carbons (Fsp3) is 0.417. The predicted molar refractivity (Wildman–Crippen MR) is 62.8 cm³/mol. The lowest BCUT2D eigenvalue weighted by molar-refractivity contribution is 0.322. The maximum atomic E-state index is 13.5. The largest absolute Gasteiger partial charge is 0.372 e. The van der Waals surface area contributed by atoms with Gasteiger partial charge in [-0.1, -0.05) is 6.58 Å². The molecule has 0 radical (unpaired) electrons. The number of piperazine rings is 1. The zero-order chi connectivity index (χ0) is 11.5. The Balaban J connectivity index is 2.05. The predicted octanol–water partition coefficient (Wildman–Crippen LogP) is 1.88. The van der Waals surface area contributed by atoms with Crippen molar-refractivity contribution in [3.05, 3.63) is 36.6 Å². The van der Waals surface area contributed by atoms with E-state index >= 15 is 0 Å². The fourth-order valence-corrected chi connectivity index (χ4v) is 1.95. The van der Waals surface area contributed by atoms with E-state index in [0.29, 0.717) is 5.69 Å². The molecule has 1 aromatic rings. The molecule has 0 amide bonds. The van der Waals surface area contributed by atoms with Gasteiger partial charge in [0.25, 0.3) is 0 Å². The van der Waals surface area contributed by atoms with Crippen LogP contribution in [0.4, 0.5) is 10.1 Å². The Hall–Kier alpha value is -1.58. The molecular weight excluding hydrogens is 205 g/mol. The molecule has 1 saturated heterocycles. The van der Waals surface area contributed by atoms with E-state index in [9.17, 15) is 4.39 Å². The third-order valence-corrected chi connectivity index (χ3v) is 2.91. The van der Waals surface area contributed by atoms with E-state index in [2.05, 4.69) is 21.4 Å². The van der Waals surface area contributed by atoms with E-state index in [4.69, 9.17) is 0 Å². The van der Waals surface area contributed by atoms with Crippen molar-refractivity contribution in [1.29, 1.82) is 0 Å². The summed E-state index contributed by atoms with van der Waals surface area (Å²) in [5.41, 5.74) is 1.73. The van der Waals surface area contributed by atoms with Gasteiger partial charge in [0.15, 0.2) is 5.82 Å². The average Bonchev–Trinajstić information content (AvgIpc) is 2.30. The molecule has 0 atom stereocenters. The Morgan fingerprint density at radius 2 is 2.06 bits per heavy atom. The Labute approximate surface area is 95.2 Å². The summed E-state index contributed by atoms with van der Waals surface area (Å²) in [5.74, 6) is -0.244. The molecule has 1 fully saturated rings. The summed E-state index contributed by atoms with van der Waals surface area (Å²) >= 11 is 0. The molecule has 0 saturated carbocycles. The second kappa shape index (κ2) is 4.51. The average molecular weight is 221 g/mol. The van der Waals surface area contributed by atoms with Crippen LogP contribution in [-0.2, 0) is 0 Å². The highest BCUT2D eigenvalue weighted by Gasteiger charge is 2.18. The van der Waals surface area contributed by atoms with Crippen LogP contribution in [0.25, 0.3) is 0 Å². The van der Waals surface area contributed by atoms with Gasteiger partial charge in [-0.2, -0.15) is 0 Å². The number of hydrogen-bond donors (Lipinski definition) is 0. The lowest BCUT2D eigenvalue weighted by Gasteiger charge is -2.37. The van der Waals surface area contributed by atoms with E-state index in [1.807, 2.05) is 6.92 Å². The lowest BCUT2D eigenvalue weighted by Crippen LogP contribution is -2.45. The van der Waals surface area contributed by atoms with Crippen molar-refractivity contribution in [3.63, 3.8) is 0 Å². The topological polar surface area (TPSA) is 19.4 Å². The molecule has 4 heteroatoms. The molecule has 0 spiro atoms. The lowest BCUT2D eigenvalue weighted by atomic mass is 10.2. The second-order valence-corrected chi connectivity index (χ2v) is 4.04. The summed E-state index contributed by atoms with van der Waals surface area (Å²) in [6, 6.07) is 1.73. The number of nitrogens with zero attached hydrogens (tertiary/aromatic N) is 3. The van der Waals surface area contributed by atoms with E-state index in [1.54, 1.807) is 12.3 Å². The summed E-state index contributed by atoms with van der Waals surface area (Å²) in [5, 5.41) is 0. The second-order valence-electron chi connectivity index (χ2n) is 4.04. The van der Waals surface area contributed by atoms with Crippen LogP contribution < -0.4 is 4.90 Å². The minimum Gasteiger partial charge on any atom is -0.372 e. The Morgan fingerprint density at radius 3 is 2.62 bits per heavy atom. The van der Waals surface area contributed by atoms with Gasteiger partial charge in [-0.15, -0.1) is 0 Å². The Morgan fingerprint density at radius 1 is 1.38 bits per heavy atom. The molecule has 86 valence electrons. The van der Waals surface area contributed by atoms with E-state index < -0.39 is 0 Å². The van der Waals surface area contributed by atoms with Crippen LogP contribution in [0.2, 0.25) is 0 Å². The van der Waals surface area contributed by atoms with Crippen molar-refractivity contribution in [2.45, 2.75) is 6.92 Å². The van der Waals surface area contributed by atoms with Gasteiger partial charge in [-0.3, -0.25) is 4.98 Å². The third-order valence-electron chi connectivity index (χ3n) is 2.91. The Bertz CT molecular complexity index is 384. The van der Waals surface area contributed by atoms with E-state index in [-0.39, 0.29) is 5.82 Å². The summed E-state index contributed by atoms with van der Waals surface area (Å²) in [7, 11) is 0. The van der Waals surface area contributed by atoms with Crippen LogP contribution in [0, 0.1) is 5.82 Å². The van der Waals surface area contributed by atoms with Crippen molar-refractivity contribution < 1.29 is 4.39 Å². The highest BCUT2D eigenvalue weighted by atomic mass is 19.1. The van der Waals surface area contributed by atoms with E-state index in [1.165, 1.54) is 6.20 Å². The number of rotatable bonds is 2. The van der Waals surface area contributed by atoms with Crippen LogP contribution in [0.1, 0.15) is 6.92 Å². The van der Waals surface area contributed by atoms with Crippen LogP contribution in [0.5, 0.6) is 0 Å². The molecule has 0 aliphatic carbocycles. The fourth-order valence-electron chi connectivity index (χ4n) is 1.95. The van der Waals surface area contributed by atoms with Gasteiger partial charge in [0.1, 0.15) is 0 Å².